The minimum atomic E-state index is -2.29. The van der Waals surface area contributed by atoms with Gasteiger partial charge in [-0.05, 0) is 19.3 Å². The van der Waals surface area contributed by atoms with Crippen molar-refractivity contribution in [3.05, 3.63) is 12.2 Å². The van der Waals surface area contributed by atoms with Gasteiger partial charge in [0.2, 0.25) is 17.7 Å². The maximum absolute atomic E-state index is 13.5. The van der Waals surface area contributed by atoms with E-state index in [2.05, 4.69) is 29.8 Å². The van der Waals surface area contributed by atoms with Crippen molar-refractivity contribution in [2.75, 3.05) is 46.2 Å². The van der Waals surface area contributed by atoms with E-state index < -0.39 is 254 Å². The number of rotatable bonds is 52. The molecule has 36 nitrogen and oxygen atoms in total. The molecule has 0 aromatic rings. The van der Waals surface area contributed by atoms with E-state index in [4.69, 9.17) is 56.8 Å². The summed E-state index contributed by atoms with van der Waals surface area (Å²) in [6, 6.07) is -4.49. The molecule has 6 aliphatic heterocycles. The molecular formula is C76H137N3O33. The van der Waals surface area contributed by atoms with Crippen molar-refractivity contribution < 1.29 is 163 Å². The molecule has 0 saturated carbocycles. The van der Waals surface area contributed by atoms with Crippen LogP contribution in [0.1, 0.15) is 207 Å². The second-order valence-electron chi connectivity index (χ2n) is 30.7. The molecule has 6 fully saturated rings. The minimum absolute atomic E-state index is 0.180. The molecule has 6 aliphatic rings. The Bertz CT molecular complexity index is 2600. The monoisotopic (exact) mass is 1620 g/mol. The summed E-state index contributed by atoms with van der Waals surface area (Å²) in [5.74, 6) is -1.98. The second kappa shape index (κ2) is 52.1. The van der Waals surface area contributed by atoms with Gasteiger partial charge in [-0.25, -0.2) is 0 Å². The molecule has 12 unspecified atom stereocenters. The van der Waals surface area contributed by atoms with Crippen LogP contribution in [0.25, 0.3) is 0 Å². The standard InChI is InChI=1S/C76H137N3O33/c1-5-7-9-11-13-15-17-19-20-22-24-26-28-30-32-34-52(89)79-44(45(88)33-31-29-27-25-23-21-18-16-14-12-10-8-6-2)41-101-73-62(97)60(95)67(50(39-84)106-73)109-74-63(98)61(96)66(51(40-85)107-74)108-72-54(78-43(4)87)68(56(91)47(36-81)103-72)110-75-65(100)70(58(93)49(38-83)104-75)112-76-64(99)69(57(92)48(37-82)105-76)111-71-53(77-42(3)86)59(94)55(90)46(35-80)102-71/h31,33,44-51,53-76,80-85,88,90-100H,5-30,32,34-41H2,1-4H3,(H,77,86)(H,78,87)(H,79,89)/b33-31+/t44-,45+,46?,47?,48?,49?,50?,51?,53?,54?,55-,56-,57-,58-,59+,60+,61+,62?,63?,64?,65?,66-,67+,68+,69-,70-,71-,72-,73+,74-,75-,76+/m0/s1. The highest BCUT2D eigenvalue weighted by atomic mass is 16.8. The fraction of sp³-hybridized carbons (Fsp3) is 0.934. The maximum Gasteiger partial charge on any atom is 0.220 e. The van der Waals surface area contributed by atoms with E-state index in [0.717, 1.165) is 65.2 Å². The van der Waals surface area contributed by atoms with E-state index in [9.17, 15) is 106 Å². The van der Waals surface area contributed by atoms with Crippen molar-refractivity contribution in [1.82, 2.24) is 16.0 Å². The van der Waals surface area contributed by atoms with Gasteiger partial charge in [0, 0.05) is 20.3 Å². The first kappa shape index (κ1) is 97.8. The molecule has 6 saturated heterocycles. The Labute approximate surface area is 656 Å². The number of hydrogen-bond acceptors (Lipinski definition) is 33. The molecule has 0 aromatic heterocycles. The molecule has 0 bridgehead atoms. The molecule has 654 valence electrons. The number of aliphatic hydroxyl groups excluding tert-OH is 18. The topological polar surface area (TPSA) is 562 Å². The van der Waals surface area contributed by atoms with Crippen molar-refractivity contribution >= 4 is 17.7 Å². The lowest BCUT2D eigenvalue weighted by Gasteiger charge is -2.51. The van der Waals surface area contributed by atoms with E-state index in [1.54, 1.807) is 6.08 Å². The van der Waals surface area contributed by atoms with Crippen LogP contribution in [-0.4, -0.2) is 352 Å². The van der Waals surface area contributed by atoms with Crippen molar-refractivity contribution in [1.29, 1.82) is 0 Å². The molecule has 32 atom stereocenters. The first-order chi connectivity index (χ1) is 53.8. The van der Waals surface area contributed by atoms with Crippen LogP contribution in [0.2, 0.25) is 0 Å². The van der Waals surface area contributed by atoms with Gasteiger partial charge in [0.15, 0.2) is 37.7 Å². The average molecular weight is 1620 g/mol. The number of amides is 3. The average Bonchev–Trinajstić information content (AvgIpc) is 0.767. The zero-order chi connectivity index (χ0) is 82.0. The van der Waals surface area contributed by atoms with Crippen molar-refractivity contribution in [3.63, 3.8) is 0 Å². The summed E-state index contributed by atoms with van der Waals surface area (Å²) in [6.07, 6.45) is -21.0. The Morgan fingerprint density at radius 2 is 0.670 bits per heavy atom. The fourth-order valence-electron chi connectivity index (χ4n) is 15.1. The zero-order valence-corrected chi connectivity index (χ0v) is 65.6. The van der Waals surface area contributed by atoms with E-state index in [-0.39, 0.29) is 12.3 Å². The largest absolute Gasteiger partial charge is 0.394 e. The molecular weight excluding hydrogens is 1480 g/mol. The highest BCUT2D eigenvalue weighted by molar-refractivity contribution is 5.76. The van der Waals surface area contributed by atoms with Crippen LogP contribution >= 0.6 is 0 Å². The number of nitrogens with one attached hydrogen (secondary N) is 3. The quantitative estimate of drug-likeness (QED) is 0.0222. The lowest BCUT2D eigenvalue weighted by atomic mass is 9.94. The third-order valence-electron chi connectivity index (χ3n) is 21.7. The van der Waals surface area contributed by atoms with Crippen LogP contribution in [0.3, 0.4) is 0 Å². The summed E-state index contributed by atoms with van der Waals surface area (Å²) in [5.41, 5.74) is 0. The first-order valence-electron chi connectivity index (χ1n) is 41.0. The molecule has 6 heterocycles. The Morgan fingerprint density at radius 1 is 0.348 bits per heavy atom. The summed E-state index contributed by atoms with van der Waals surface area (Å²) in [5, 5.41) is 209. The summed E-state index contributed by atoms with van der Waals surface area (Å²) in [6.45, 7) is 0.0685. The van der Waals surface area contributed by atoms with Crippen molar-refractivity contribution in [2.45, 2.75) is 404 Å². The third-order valence-corrected chi connectivity index (χ3v) is 21.7. The number of ether oxygens (including phenoxy) is 12. The molecule has 112 heavy (non-hydrogen) atoms. The molecule has 3 amide bonds. The van der Waals surface area contributed by atoms with Gasteiger partial charge in [0.25, 0.3) is 0 Å². The number of hydrogen-bond donors (Lipinski definition) is 21. The van der Waals surface area contributed by atoms with Crippen LogP contribution in [0.5, 0.6) is 0 Å². The number of unbranched alkanes of at least 4 members (excludes halogenated alkanes) is 25. The Hall–Kier alpha value is -3.05. The maximum atomic E-state index is 13.5. The van der Waals surface area contributed by atoms with Gasteiger partial charge in [-0.3, -0.25) is 14.4 Å². The van der Waals surface area contributed by atoms with Crippen LogP contribution in [0.15, 0.2) is 12.2 Å². The van der Waals surface area contributed by atoms with Gasteiger partial charge in [-0.15, -0.1) is 0 Å². The molecule has 0 radical (unpaired) electrons. The van der Waals surface area contributed by atoms with Gasteiger partial charge in [0.05, 0.1) is 58.4 Å². The number of allylic oxidation sites excluding steroid dienone is 1. The van der Waals surface area contributed by atoms with Crippen LogP contribution in [0.4, 0.5) is 0 Å². The molecule has 0 spiro atoms. The van der Waals surface area contributed by atoms with Gasteiger partial charge in [-0.2, -0.15) is 0 Å². The summed E-state index contributed by atoms with van der Waals surface area (Å²) < 4.78 is 70.8. The highest BCUT2D eigenvalue weighted by Crippen LogP contribution is 2.38. The number of carbonyl (C=O) groups excluding carboxylic acids is 3. The molecule has 21 N–H and O–H groups in total. The van der Waals surface area contributed by atoms with E-state index >= 15 is 0 Å². The predicted octanol–water partition coefficient (Wildman–Crippen LogP) is -2.42. The number of carbonyl (C=O) groups is 3. The van der Waals surface area contributed by atoms with E-state index in [0.29, 0.717) is 12.8 Å². The van der Waals surface area contributed by atoms with Gasteiger partial charge in [-0.1, -0.05) is 180 Å². The van der Waals surface area contributed by atoms with Crippen LogP contribution in [-0.2, 0) is 71.2 Å². The normalized spacial score (nSPS) is 37.2. The summed E-state index contributed by atoms with van der Waals surface area (Å²) in [4.78, 5) is 38.8. The Morgan fingerprint density at radius 3 is 1.11 bits per heavy atom. The smallest absolute Gasteiger partial charge is 0.220 e. The Kier molecular flexibility index (Phi) is 45.5. The van der Waals surface area contributed by atoms with Crippen molar-refractivity contribution in [3.8, 4) is 0 Å². The minimum Gasteiger partial charge on any atom is -0.394 e. The summed E-state index contributed by atoms with van der Waals surface area (Å²) in [7, 11) is 0. The molecule has 0 aromatic carbocycles. The van der Waals surface area contributed by atoms with E-state index in [1.165, 1.54) is 109 Å². The predicted molar refractivity (Wildman–Crippen MR) is 394 cm³/mol. The molecule has 36 heteroatoms. The lowest BCUT2D eigenvalue weighted by Crippen LogP contribution is -2.70. The van der Waals surface area contributed by atoms with Gasteiger partial charge < -0.3 is 165 Å². The van der Waals surface area contributed by atoms with E-state index in [1.807, 2.05) is 6.08 Å². The van der Waals surface area contributed by atoms with Crippen molar-refractivity contribution in [2.24, 2.45) is 0 Å². The van der Waals surface area contributed by atoms with Gasteiger partial charge >= 0.3 is 0 Å². The molecule has 0 aliphatic carbocycles. The Balaban J connectivity index is 1.09. The second-order valence-corrected chi connectivity index (χ2v) is 30.7. The SMILES string of the molecule is CCCCCCCCCCCCC/C=C/[C@@H](O)[C@H](CO[C@@H]1OC(CO)[C@@H](O[C@@H]2OC(CO)[C@H](O[C@@H]3OC(CO)[C@H](O)[C@H](O[C@@H]4OC(CO)[C@H](O)[C@H](O[C@H]5OC(CO)[C@H](O)[C@H](O[C@@H]6OC(CO)[C@H](O)[C@H](O)C6NC(C)=O)C5O)C4O)C3NC(C)=O)[C@H](O)C2O)[C@H](O)C1O)NC(=O)CCCCCCCCCCCCCCCCC. The molecule has 6 rings (SSSR count). The zero-order valence-electron chi connectivity index (χ0n) is 65.6. The number of aliphatic hydroxyl groups is 18. The first-order valence-corrected chi connectivity index (χ1v) is 41.0. The highest BCUT2D eigenvalue weighted by Gasteiger charge is 2.59. The third kappa shape index (κ3) is 29.4. The van der Waals surface area contributed by atoms with Gasteiger partial charge in [0.1, 0.15) is 146 Å². The van der Waals surface area contributed by atoms with Crippen LogP contribution < -0.4 is 16.0 Å². The van der Waals surface area contributed by atoms with Crippen LogP contribution in [0, 0.1) is 0 Å². The fourth-order valence-corrected chi connectivity index (χ4v) is 15.1. The lowest BCUT2D eigenvalue weighted by molar-refractivity contribution is -0.389. The summed E-state index contributed by atoms with van der Waals surface area (Å²) >= 11 is 0.